The molecule has 0 N–H and O–H groups in total. The average Bonchev–Trinajstić information content (AvgIpc) is 2.54. The molecule has 1 aliphatic rings. The van der Waals surface area contributed by atoms with E-state index in [0.29, 0.717) is 6.54 Å². The monoisotopic (exact) mass is 319 g/mol. The number of pyridine rings is 1. The molecule has 0 fully saturated rings. The van der Waals surface area contributed by atoms with E-state index >= 15 is 0 Å². The van der Waals surface area contributed by atoms with Gasteiger partial charge in [0.05, 0.1) is 12.2 Å². The quantitative estimate of drug-likeness (QED) is 0.727. The summed E-state index contributed by atoms with van der Waals surface area (Å²) in [5, 5.41) is 0. The summed E-state index contributed by atoms with van der Waals surface area (Å²) in [5.74, 6) is 0. The molecule has 0 amide bonds. The molecule has 4 heteroatoms. The van der Waals surface area contributed by atoms with Crippen molar-refractivity contribution in [2.45, 2.75) is 33.2 Å². The van der Waals surface area contributed by atoms with Crippen LogP contribution in [0.1, 0.15) is 28.9 Å². The van der Waals surface area contributed by atoms with Crippen molar-refractivity contribution >= 4 is 11.3 Å². The van der Waals surface area contributed by atoms with Crippen molar-refractivity contribution in [1.82, 2.24) is 9.38 Å². The minimum atomic E-state index is -0.00533. The summed E-state index contributed by atoms with van der Waals surface area (Å²) in [6.45, 7) is 5.74. The van der Waals surface area contributed by atoms with Gasteiger partial charge < -0.3 is 4.90 Å². The molecule has 0 radical (unpaired) electrons. The summed E-state index contributed by atoms with van der Waals surface area (Å²) in [7, 11) is 0. The molecule has 1 aromatic carbocycles. The zero-order valence-electron chi connectivity index (χ0n) is 14.1. The smallest absolute Gasteiger partial charge is 0.258 e. The van der Waals surface area contributed by atoms with Gasteiger partial charge in [0.25, 0.3) is 5.56 Å². The molecular formula is C20H21N3O. The highest BCUT2D eigenvalue weighted by Gasteiger charge is 2.18. The number of anilines is 1. The lowest BCUT2D eigenvalue weighted by molar-refractivity contribution is 0.682. The zero-order chi connectivity index (χ0) is 16.7. The first kappa shape index (κ1) is 14.9. The molecule has 1 aliphatic heterocycles. The van der Waals surface area contributed by atoms with Gasteiger partial charge in [-0.15, -0.1) is 0 Å². The number of hydrogen-bond donors (Lipinski definition) is 0. The SMILES string of the molecule is Cc1ccc2c(c1)CCCN2Cc1cc(=O)n2c(C)cccc2n1. The molecule has 4 nitrogen and oxygen atoms in total. The van der Waals surface area contributed by atoms with Crippen molar-refractivity contribution in [3.05, 3.63) is 75.3 Å². The van der Waals surface area contributed by atoms with Gasteiger partial charge in [-0.05, 0) is 50.5 Å². The molecule has 2 aromatic heterocycles. The number of hydrogen-bond acceptors (Lipinski definition) is 3. The van der Waals surface area contributed by atoms with Gasteiger partial charge in [0, 0.05) is 24.0 Å². The van der Waals surface area contributed by atoms with Crippen molar-refractivity contribution < 1.29 is 0 Å². The highest BCUT2D eigenvalue weighted by Crippen LogP contribution is 2.28. The Morgan fingerprint density at radius 1 is 1.12 bits per heavy atom. The topological polar surface area (TPSA) is 37.6 Å². The summed E-state index contributed by atoms with van der Waals surface area (Å²) in [4.78, 5) is 19.5. The van der Waals surface area contributed by atoms with Gasteiger partial charge in [-0.25, -0.2) is 4.98 Å². The second-order valence-corrected chi connectivity index (χ2v) is 6.60. The molecular weight excluding hydrogens is 298 g/mol. The highest BCUT2D eigenvalue weighted by molar-refractivity contribution is 5.57. The third kappa shape index (κ3) is 2.58. The first-order valence-electron chi connectivity index (χ1n) is 8.44. The molecule has 122 valence electrons. The van der Waals surface area contributed by atoms with Crippen molar-refractivity contribution in [2.75, 3.05) is 11.4 Å². The second kappa shape index (κ2) is 5.78. The van der Waals surface area contributed by atoms with Crippen molar-refractivity contribution in [3.8, 4) is 0 Å². The minimum absolute atomic E-state index is 0.00533. The first-order chi connectivity index (χ1) is 11.6. The zero-order valence-corrected chi connectivity index (χ0v) is 14.1. The Kier molecular flexibility index (Phi) is 3.60. The van der Waals surface area contributed by atoms with E-state index in [1.54, 1.807) is 10.5 Å². The van der Waals surface area contributed by atoms with Crippen LogP contribution in [0.15, 0.2) is 47.3 Å². The van der Waals surface area contributed by atoms with Crippen LogP contribution in [-0.4, -0.2) is 15.9 Å². The normalized spacial score (nSPS) is 14.0. The van der Waals surface area contributed by atoms with Crippen LogP contribution in [0.4, 0.5) is 5.69 Å². The molecule has 0 aliphatic carbocycles. The summed E-state index contributed by atoms with van der Waals surface area (Å²) < 4.78 is 1.66. The van der Waals surface area contributed by atoms with E-state index in [-0.39, 0.29) is 5.56 Å². The number of aryl methyl sites for hydroxylation is 3. The van der Waals surface area contributed by atoms with Gasteiger partial charge in [0.1, 0.15) is 5.65 Å². The Bertz CT molecular complexity index is 974. The fourth-order valence-corrected chi connectivity index (χ4v) is 3.61. The van der Waals surface area contributed by atoms with Gasteiger partial charge in [0.15, 0.2) is 0 Å². The van der Waals surface area contributed by atoms with E-state index in [1.807, 2.05) is 25.1 Å². The molecule has 3 aromatic rings. The maximum absolute atomic E-state index is 12.5. The van der Waals surface area contributed by atoms with Crippen LogP contribution in [0, 0.1) is 13.8 Å². The molecule has 0 atom stereocenters. The molecule has 0 spiro atoms. The maximum Gasteiger partial charge on any atom is 0.258 e. The fraction of sp³-hybridized carbons (Fsp3) is 0.300. The lowest BCUT2D eigenvalue weighted by atomic mass is 9.99. The molecule has 0 saturated carbocycles. The predicted molar refractivity (Wildman–Crippen MR) is 96.7 cm³/mol. The largest absolute Gasteiger partial charge is 0.365 e. The Labute approximate surface area is 141 Å². The van der Waals surface area contributed by atoms with E-state index < -0.39 is 0 Å². The molecule has 0 bridgehead atoms. The Balaban J connectivity index is 1.72. The van der Waals surface area contributed by atoms with E-state index in [4.69, 9.17) is 4.98 Å². The van der Waals surface area contributed by atoms with Crippen molar-refractivity contribution in [1.29, 1.82) is 0 Å². The lowest BCUT2D eigenvalue weighted by Gasteiger charge is -2.31. The molecule has 0 unspecified atom stereocenters. The van der Waals surface area contributed by atoms with Crippen LogP contribution in [0.25, 0.3) is 5.65 Å². The van der Waals surface area contributed by atoms with Gasteiger partial charge in [-0.3, -0.25) is 9.20 Å². The van der Waals surface area contributed by atoms with Gasteiger partial charge >= 0.3 is 0 Å². The summed E-state index contributed by atoms with van der Waals surface area (Å²) in [6, 6.07) is 14.1. The standard InChI is InChI=1S/C20H21N3O/c1-14-8-9-18-16(11-14)6-4-10-22(18)13-17-12-20(24)23-15(2)5-3-7-19(23)21-17/h3,5,7-9,11-12H,4,6,10,13H2,1-2H3. The summed E-state index contributed by atoms with van der Waals surface area (Å²) in [5.41, 5.74) is 6.43. The third-order valence-electron chi connectivity index (χ3n) is 4.74. The second-order valence-electron chi connectivity index (χ2n) is 6.60. The maximum atomic E-state index is 12.5. The van der Waals surface area contributed by atoms with E-state index in [2.05, 4.69) is 30.0 Å². The Hall–Kier alpha value is -2.62. The summed E-state index contributed by atoms with van der Waals surface area (Å²) >= 11 is 0. The number of rotatable bonds is 2. The molecule has 4 rings (SSSR count). The van der Waals surface area contributed by atoms with E-state index in [1.165, 1.54) is 16.8 Å². The number of fused-ring (bicyclic) bond motifs is 2. The average molecular weight is 319 g/mol. The predicted octanol–water partition coefficient (Wildman–Crippen LogP) is 3.26. The fourth-order valence-electron chi connectivity index (χ4n) is 3.61. The van der Waals surface area contributed by atoms with Crippen LogP contribution in [-0.2, 0) is 13.0 Å². The Morgan fingerprint density at radius 2 is 2.00 bits per heavy atom. The van der Waals surface area contributed by atoms with Crippen LogP contribution in [0.2, 0.25) is 0 Å². The molecule has 3 heterocycles. The van der Waals surface area contributed by atoms with E-state index in [9.17, 15) is 4.79 Å². The summed E-state index contributed by atoms with van der Waals surface area (Å²) in [6.07, 6.45) is 2.27. The van der Waals surface area contributed by atoms with Gasteiger partial charge in [-0.2, -0.15) is 0 Å². The third-order valence-corrected chi connectivity index (χ3v) is 4.74. The van der Waals surface area contributed by atoms with E-state index in [0.717, 1.165) is 36.4 Å². The minimum Gasteiger partial charge on any atom is -0.365 e. The van der Waals surface area contributed by atoms with Crippen LogP contribution in [0.5, 0.6) is 0 Å². The highest BCUT2D eigenvalue weighted by atomic mass is 16.1. The molecule has 24 heavy (non-hydrogen) atoms. The number of aromatic nitrogens is 2. The van der Waals surface area contributed by atoms with Gasteiger partial charge in [-0.1, -0.05) is 23.8 Å². The Morgan fingerprint density at radius 3 is 2.88 bits per heavy atom. The number of nitrogens with zero attached hydrogens (tertiary/aromatic N) is 3. The molecule has 0 saturated heterocycles. The number of benzene rings is 1. The van der Waals surface area contributed by atoms with Crippen molar-refractivity contribution in [2.24, 2.45) is 0 Å². The van der Waals surface area contributed by atoms with Crippen LogP contribution in [0.3, 0.4) is 0 Å². The van der Waals surface area contributed by atoms with Crippen LogP contribution >= 0.6 is 0 Å². The lowest BCUT2D eigenvalue weighted by Crippen LogP contribution is -2.30. The van der Waals surface area contributed by atoms with Crippen molar-refractivity contribution in [3.63, 3.8) is 0 Å². The first-order valence-corrected chi connectivity index (χ1v) is 8.44. The van der Waals surface area contributed by atoms with Crippen LogP contribution < -0.4 is 10.5 Å². The van der Waals surface area contributed by atoms with Gasteiger partial charge in [0.2, 0.25) is 0 Å².